The van der Waals surface area contributed by atoms with Crippen molar-refractivity contribution < 1.29 is 18.7 Å². The molecule has 0 aromatic heterocycles. The van der Waals surface area contributed by atoms with Crippen LogP contribution in [0.2, 0.25) is 5.02 Å². The maximum Gasteiger partial charge on any atom is 0.251 e. The van der Waals surface area contributed by atoms with Crippen molar-refractivity contribution in [3.8, 4) is 5.75 Å². The van der Waals surface area contributed by atoms with E-state index in [0.29, 0.717) is 11.3 Å². The van der Waals surface area contributed by atoms with Crippen LogP contribution in [0.15, 0.2) is 42.5 Å². The van der Waals surface area contributed by atoms with Crippen LogP contribution in [0.4, 0.5) is 10.1 Å². The van der Waals surface area contributed by atoms with Crippen molar-refractivity contribution in [2.45, 2.75) is 0 Å². The topological polar surface area (TPSA) is 67.4 Å². The predicted molar refractivity (Wildman–Crippen MR) is 85.4 cm³/mol. The average Bonchev–Trinajstić information content (AvgIpc) is 2.56. The molecule has 0 bridgehead atoms. The van der Waals surface area contributed by atoms with E-state index in [0.717, 1.165) is 6.07 Å². The number of halogens is 2. The molecule has 0 radical (unpaired) electrons. The van der Waals surface area contributed by atoms with Crippen LogP contribution in [0.25, 0.3) is 0 Å². The largest absolute Gasteiger partial charge is 0.497 e. The van der Waals surface area contributed by atoms with Crippen LogP contribution >= 0.6 is 11.6 Å². The number of ether oxygens (including phenoxy) is 1. The van der Waals surface area contributed by atoms with Crippen LogP contribution < -0.4 is 15.4 Å². The molecule has 0 heterocycles. The fourth-order valence-electron chi connectivity index (χ4n) is 1.81. The number of methoxy groups -OCH3 is 1. The van der Waals surface area contributed by atoms with Crippen LogP contribution in [0.1, 0.15) is 10.4 Å². The summed E-state index contributed by atoms with van der Waals surface area (Å²) in [7, 11) is 1.49. The van der Waals surface area contributed by atoms with Gasteiger partial charge in [0.25, 0.3) is 5.91 Å². The van der Waals surface area contributed by atoms with Gasteiger partial charge in [0.2, 0.25) is 5.91 Å². The smallest absolute Gasteiger partial charge is 0.251 e. The SMILES string of the molecule is COc1cccc(C(=O)NCC(=O)Nc2cc(F)ccc2Cl)c1. The van der Waals surface area contributed by atoms with Crippen LogP contribution in [-0.2, 0) is 4.79 Å². The van der Waals surface area contributed by atoms with Crippen LogP contribution in [0.5, 0.6) is 5.75 Å². The maximum atomic E-state index is 13.1. The van der Waals surface area contributed by atoms with Crippen LogP contribution in [0.3, 0.4) is 0 Å². The Morgan fingerprint density at radius 3 is 2.74 bits per heavy atom. The fourth-order valence-corrected chi connectivity index (χ4v) is 1.98. The van der Waals surface area contributed by atoms with E-state index in [-0.39, 0.29) is 17.3 Å². The van der Waals surface area contributed by atoms with Crippen LogP contribution in [-0.4, -0.2) is 25.5 Å². The summed E-state index contributed by atoms with van der Waals surface area (Å²) in [5, 5.41) is 5.10. The maximum absolute atomic E-state index is 13.1. The van der Waals surface area contributed by atoms with Gasteiger partial charge < -0.3 is 15.4 Å². The Morgan fingerprint density at radius 2 is 2.00 bits per heavy atom. The molecule has 0 aliphatic heterocycles. The molecule has 2 N–H and O–H groups in total. The summed E-state index contributed by atoms with van der Waals surface area (Å²) in [6.07, 6.45) is 0. The zero-order valence-electron chi connectivity index (χ0n) is 12.2. The first kappa shape index (κ1) is 16.8. The predicted octanol–water partition coefficient (Wildman–Crippen LogP) is 2.86. The van der Waals surface area contributed by atoms with E-state index in [2.05, 4.69) is 10.6 Å². The summed E-state index contributed by atoms with van der Waals surface area (Å²) in [6.45, 7) is -0.275. The molecule has 120 valence electrons. The second kappa shape index (κ2) is 7.60. The summed E-state index contributed by atoms with van der Waals surface area (Å²) in [5.74, 6) is -0.933. The Kier molecular flexibility index (Phi) is 5.54. The van der Waals surface area contributed by atoms with Crippen molar-refractivity contribution in [2.75, 3.05) is 19.0 Å². The highest BCUT2D eigenvalue weighted by atomic mass is 35.5. The van der Waals surface area contributed by atoms with E-state index in [1.54, 1.807) is 24.3 Å². The Hall–Kier alpha value is -2.60. The third-order valence-electron chi connectivity index (χ3n) is 2.94. The van der Waals surface area contributed by atoms with Gasteiger partial charge in [0, 0.05) is 5.56 Å². The number of benzene rings is 2. The molecule has 2 amide bonds. The number of amides is 2. The number of nitrogens with one attached hydrogen (secondary N) is 2. The van der Waals surface area contributed by atoms with Crippen LogP contribution in [0, 0.1) is 5.82 Å². The van der Waals surface area contributed by atoms with Crippen molar-refractivity contribution in [3.63, 3.8) is 0 Å². The molecule has 0 saturated carbocycles. The summed E-state index contributed by atoms with van der Waals surface area (Å²) in [6, 6.07) is 10.1. The lowest BCUT2D eigenvalue weighted by Crippen LogP contribution is -2.32. The van der Waals surface area contributed by atoms with E-state index < -0.39 is 17.6 Å². The molecular weight excluding hydrogens is 323 g/mol. The summed E-state index contributed by atoms with van der Waals surface area (Å²) < 4.78 is 18.1. The first-order valence-electron chi connectivity index (χ1n) is 6.67. The van der Waals surface area contributed by atoms with Crippen molar-refractivity contribution >= 4 is 29.1 Å². The monoisotopic (exact) mass is 336 g/mol. The van der Waals surface area contributed by atoms with E-state index in [1.807, 2.05) is 0 Å². The molecule has 0 spiro atoms. The van der Waals surface area contributed by atoms with Gasteiger partial charge in [-0.3, -0.25) is 9.59 Å². The second-order valence-electron chi connectivity index (χ2n) is 4.59. The third-order valence-corrected chi connectivity index (χ3v) is 3.27. The average molecular weight is 337 g/mol. The molecule has 0 fully saturated rings. The first-order valence-corrected chi connectivity index (χ1v) is 7.04. The molecule has 0 unspecified atom stereocenters. The fraction of sp³-hybridized carbons (Fsp3) is 0.125. The zero-order chi connectivity index (χ0) is 16.8. The molecule has 0 aliphatic carbocycles. The van der Waals surface area contributed by atoms with Crippen molar-refractivity contribution in [2.24, 2.45) is 0 Å². The van der Waals surface area contributed by atoms with E-state index in [4.69, 9.17) is 16.3 Å². The molecule has 2 aromatic carbocycles. The van der Waals surface area contributed by atoms with Crippen molar-refractivity contribution in [1.82, 2.24) is 5.32 Å². The molecular formula is C16H14ClFN2O3. The van der Waals surface area contributed by atoms with Gasteiger partial charge in [-0.05, 0) is 36.4 Å². The van der Waals surface area contributed by atoms with Gasteiger partial charge in [-0.15, -0.1) is 0 Å². The van der Waals surface area contributed by atoms with E-state index >= 15 is 0 Å². The van der Waals surface area contributed by atoms with Gasteiger partial charge >= 0.3 is 0 Å². The first-order chi connectivity index (χ1) is 11.0. The number of hydrogen-bond acceptors (Lipinski definition) is 3. The van der Waals surface area contributed by atoms with Gasteiger partial charge in [-0.1, -0.05) is 17.7 Å². The lowest BCUT2D eigenvalue weighted by molar-refractivity contribution is -0.115. The number of rotatable bonds is 5. The Labute approximate surface area is 137 Å². The number of hydrogen-bond donors (Lipinski definition) is 2. The Balaban J connectivity index is 1.93. The van der Waals surface area contributed by atoms with Crippen molar-refractivity contribution in [3.05, 3.63) is 58.9 Å². The molecule has 7 heteroatoms. The minimum atomic E-state index is -0.523. The summed E-state index contributed by atoms with van der Waals surface area (Å²) >= 11 is 5.85. The highest BCUT2D eigenvalue weighted by Crippen LogP contribution is 2.22. The molecule has 0 aliphatic rings. The quantitative estimate of drug-likeness (QED) is 0.882. The molecule has 0 saturated heterocycles. The summed E-state index contributed by atoms with van der Waals surface area (Å²) in [5.41, 5.74) is 0.508. The van der Waals surface area contributed by atoms with Crippen molar-refractivity contribution in [1.29, 1.82) is 0 Å². The molecule has 2 rings (SSSR count). The Bertz CT molecular complexity index is 737. The van der Waals surface area contributed by atoms with E-state index in [9.17, 15) is 14.0 Å². The van der Waals surface area contributed by atoms with Gasteiger partial charge in [-0.25, -0.2) is 4.39 Å². The molecule has 0 atom stereocenters. The highest BCUT2D eigenvalue weighted by molar-refractivity contribution is 6.33. The van der Waals surface area contributed by atoms with E-state index in [1.165, 1.54) is 19.2 Å². The highest BCUT2D eigenvalue weighted by Gasteiger charge is 2.10. The van der Waals surface area contributed by atoms with Gasteiger partial charge in [0.15, 0.2) is 0 Å². The number of anilines is 1. The number of carbonyl (C=O) groups is 2. The zero-order valence-corrected chi connectivity index (χ0v) is 13.0. The summed E-state index contributed by atoms with van der Waals surface area (Å²) in [4.78, 5) is 23.8. The Morgan fingerprint density at radius 1 is 1.22 bits per heavy atom. The molecule has 5 nitrogen and oxygen atoms in total. The third kappa shape index (κ3) is 4.69. The minimum Gasteiger partial charge on any atom is -0.497 e. The standard InChI is InChI=1S/C16H14ClFN2O3/c1-23-12-4-2-3-10(7-12)16(22)19-9-15(21)20-14-8-11(18)5-6-13(14)17/h2-8H,9H2,1H3,(H,19,22)(H,20,21). The van der Waals surface area contributed by atoms with Gasteiger partial charge in [-0.2, -0.15) is 0 Å². The molecule has 23 heavy (non-hydrogen) atoms. The second-order valence-corrected chi connectivity index (χ2v) is 4.99. The number of carbonyl (C=O) groups excluding carboxylic acids is 2. The van der Waals surface area contributed by atoms with Gasteiger partial charge in [0.1, 0.15) is 11.6 Å². The van der Waals surface area contributed by atoms with Gasteiger partial charge in [0.05, 0.1) is 24.4 Å². The molecule has 2 aromatic rings. The normalized spacial score (nSPS) is 10.0. The lowest BCUT2D eigenvalue weighted by Gasteiger charge is -2.09. The lowest BCUT2D eigenvalue weighted by atomic mass is 10.2. The minimum absolute atomic E-state index is 0.146.